The second-order valence-electron chi connectivity index (χ2n) is 11.9. The molecule has 302 valence electrons. The zero-order valence-corrected chi connectivity index (χ0v) is 31.8. The summed E-state index contributed by atoms with van der Waals surface area (Å²) >= 11 is 0. The second-order valence-corrected chi connectivity index (χ2v) is 11.9. The topological polar surface area (TPSA) is 214 Å². The van der Waals surface area contributed by atoms with Crippen LogP contribution in [0.5, 0.6) is 0 Å². The molecule has 2 fully saturated rings. The van der Waals surface area contributed by atoms with E-state index in [2.05, 4.69) is 22.3 Å². The van der Waals surface area contributed by atoms with Gasteiger partial charge in [-0.3, -0.25) is 14.6 Å². The molecule has 17 heteroatoms. The minimum Gasteiger partial charge on any atom is -0.464 e. The van der Waals surface area contributed by atoms with Crippen LogP contribution in [0, 0.1) is 29.1 Å². The molecule has 0 aromatic carbocycles. The molecule has 0 N–H and O–H groups in total. The van der Waals surface area contributed by atoms with Crippen LogP contribution < -0.4 is 0 Å². The van der Waals surface area contributed by atoms with Crippen LogP contribution in [-0.4, -0.2) is 107 Å². The summed E-state index contributed by atoms with van der Waals surface area (Å²) in [6.45, 7) is 10.7. The minimum atomic E-state index is -1.49. The van der Waals surface area contributed by atoms with Gasteiger partial charge in [-0.1, -0.05) is 25.5 Å². The highest BCUT2D eigenvalue weighted by Gasteiger charge is 2.39. The first-order valence-corrected chi connectivity index (χ1v) is 18.0. The van der Waals surface area contributed by atoms with Gasteiger partial charge in [-0.15, -0.1) is 9.81 Å². The van der Waals surface area contributed by atoms with Gasteiger partial charge >= 0.3 is 23.9 Å². The minimum absolute atomic E-state index is 0.150. The zero-order chi connectivity index (χ0) is 40.1. The lowest BCUT2D eigenvalue weighted by atomic mass is 10.0. The highest BCUT2D eigenvalue weighted by Crippen LogP contribution is 2.28. The van der Waals surface area contributed by atoms with E-state index in [0.29, 0.717) is 45.5 Å². The van der Waals surface area contributed by atoms with Gasteiger partial charge in [0.15, 0.2) is 0 Å². The van der Waals surface area contributed by atoms with Gasteiger partial charge in [0.05, 0.1) is 64.8 Å². The summed E-state index contributed by atoms with van der Waals surface area (Å²) in [6.07, 6.45) is 9.13. The lowest BCUT2D eigenvalue weighted by Crippen LogP contribution is -2.39. The number of nitroso groups, excluding NO2 is 2. The number of rotatable bonds is 21. The first-order valence-electron chi connectivity index (χ1n) is 18.0. The van der Waals surface area contributed by atoms with Crippen LogP contribution in [0.4, 0.5) is 0 Å². The Balaban J connectivity index is 0.000000589. The van der Waals surface area contributed by atoms with Crippen molar-refractivity contribution in [3.63, 3.8) is 0 Å². The monoisotopic (exact) mass is 765 g/mol. The molecule has 3 rings (SSSR count). The summed E-state index contributed by atoms with van der Waals surface area (Å²) in [7, 11) is 1.50. The summed E-state index contributed by atoms with van der Waals surface area (Å²) in [5, 5.41) is 5.98. The van der Waals surface area contributed by atoms with E-state index in [4.69, 9.17) is 37.9 Å². The summed E-state index contributed by atoms with van der Waals surface area (Å²) < 4.78 is 41.2. The number of carbonyl (C=O) groups is 4. The molecule has 0 amide bonds. The van der Waals surface area contributed by atoms with Crippen molar-refractivity contribution >= 4 is 23.9 Å². The third-order valence-electron chi connectivity index (χ3n) is 7.80. The van der Waals surface area contributed by atoms with Crippen LogP contribution in [0.2, 0.25) is 0 Å². The molecule has 2 saturated heterocycles. The first-order chi connectivity index (χ1) is 26.1. The normalized spacial score (nSPS) is 16.4. The van der Waals surface area contributed by atoms with E-state index in [0.717, 1.165) is 12.0 Å². The van der Waals surface area contributed by atoms with Crippen molar-refractivity contribution < 1.29 is 57.1 Å². The zero-order valence-electron chi connectivity index (χ0n) is 31.8. The molecular weight excluding hydrogens is 710 g/mol. The fourth-order valence-electron chi connectivity index (χ4n) is 4.69. The lowest BCUT2D eigenvalue weighted by Gasteiger charge is -2.30. The predicted octanol–water partition coefficient (Wildman–Crippen LogP) is 5.25. The Kier molecular flexibility index (Phi) is 25.0. The van der Waals surface area contributed by atoms with Crippen molar-refractivity contribution in [1.29, 1.82) is 0 Å². The predicted molar refractivity (Wildman–Crippen MR) is 194 cm³/mol. The second kappa shape index (κ2) is 28.3. The standard InChI is InChI=1S/C21H28N2O10.C14H21NO4.C2H6/c1-28-9-10-30-15-19(25)31-13-16(14-32-20(26)17-3-2-6-22-12-17)11-18(24)33-21(23-27)4-7-29-8-5-21;1-3-12(2)6-4-5-7-13(16)19-14(15-17)8-10-18-11-9-14;1-2/h2-3,6,12,16H,4-5,7-11,13-15H2,1H3;3,6H,1,4-5,7-11H2,2H3;1-2H3. The van der Waals surface area contributed by atoms with Gasteiger partial charge in [-0.25, -0.2) is 9.59 Å². The van der Waals surface area contributed by atoms with E-state index < -0.39 is 35.3 Å². The van der Waals surface area contributed by atoms with E-state index in [1.165, 1.54) is 25.6 Å². The Labute approximate surface area is 317 Å². The molecule has 0 saturated carbocycles. The molecule has 3 heterocycles. The van der Waals surface area contributed by atoms with E-state index in [9.17, 15) is 29.0 Å². The van der Waals surface area contributed by atoms with Gasteiger partial charge in [-0.2, -0.15) is 0 Å². The molecule has 2 aliphatic heterocycles. The molecule has 54 heavy (non-hydrogen) atoms. The van der Waals surface area contributed by atoms with Crippen LogP contribution in [0.3, 0.4) is 0 Å². The molecule has 1 aromatic heterocycles. The number of pyridine rings is 1. The van der Waals surface area contributed by atoms with Gasteiger partial charge in [0.1, 0.15) is 6.61 Å². The fourth-order valence-corrected chi connectivity index (χ4v) is 4.69. The van der Waals surface area contributed by atoms with Crippen molar-refractivity contribution in [2.75, 3.05) is 66.6 Å². The number of ether oxygens (including phenoxy) is 8. The molecular formula is C37H55N3O14. The average Bonchev–Trinajstić information content (AvgIpc) is 3.20. The summed E-state index contributed by atoms with van der Waals surface area (Å²) in [5.41, 5.74) is -1.38. The maximum absolute atomic E-state index is 12.5. The number of methoxy groups -OCH3 is 1. The molecule has 2 aliphatic rings. The summed E-state index contributed by atoms with van der Waals surface area (Å²) in [4.78, 5) is 74.3. The Morgan fingerprint density at radius 1 is 0.907 bits per heavy atom. The van der Waals surface area contributed by atoms with Crippen LogP contribution >= 0.6 is 0 Å². The number of carbonyl (C=O) groups excluding carboxylic acids is 4. The highest BCUT2D eigenvalue weighted by atomic mass is 16.6. The van der Waals surface area contributed by atoms with E-state index >= 15 is 0 Å². The molecule has 0 bridgehead atoms. The number of esters is 4. The summed E-state index contributed by atoms with van der Waals surface area (Å²) in [5.74, 6) is -3.12. The molecule has 17 nitrogen and oxygen atoms in total. The van der Waals surface area contributed by atoms with Gasteiger partial charge in [0.25, 0.3) is 0 Å². The lowest BCUT2D eigenvalue weighted by molar-refractivity contribution is -0.171. The maximum atomic E-state index is 12.5. The van der Waals surface area contributed by atoms with Crippen molar-refractivity contribution in [2.45, 2.75) is 83.6 Å². The molecule has 1 aromatic rings. The number of hydrogen-bond acceptors (Lipinski definition) is 17. The molecule has 1 unspecified atom stereocenters. The third-order valence-corrected chi connectivity index (χ3v) is 7.80. The Bertz CT molecular complexity index is 1280. The molecule has 1 atom stereocenters. The quantitative estimate of drug-likeness (QED) is 0.0676. The highest BCUT2D eigenvalue weighted by molar-refractivity contribution is 5.88. The molecule has 0 aliphatic carbocycles. The van der Waals surface area contributed by atoms with Gasteiger partial charge < -0.3 is 37.9 Å². The largest absolute Gasteiger partial charge is 0.464 e. The number of nitrogens with zero attached hydrogens (tertiary/aromatic N) is 3. The fraction of sp³-hybridized carbons (Fsp3) is 0.649. The van der Waals surface area contributed by atoms with Gasteiger partial charge in [0, 0.05) is 57.5 Å². The van der Waals surface area contributed by atoms with Crippen LogP contribution in [0.1, 0.15) is 82.5 Å². The summed E-state index contributed by atoms with van der Waals surface area (Å²) in [6, 6.07) is 3.11. The maximum Gasteiger partial charge on any atom is 0.339 e. The Hall–Kier alpha value is -4.19. The third kappa shape index (κ3) is 19.8. The van der Waals surface area contributed by atoms with Crippen LogP contribution in [0.25, 0.3) is 0 Å². The smallest absolute Gasteiger partial charge is 0.339 e. The van der Waals surface area contributed by atoms with Crippen molar-refractivity contribution in [3.05, 3.63) is 64.9 Å². The van der Waals surface area contributed by atoms with E-state index in [-0.39, 0.29) is 70.4 Å². The van der Waals surface area contributed by atoms with Crippen molar-refractivity contribution in [1.82, 2.24) is 4.98 Å². The SMILES string of the molecule is CC.COCCOCC(=O)OCC(COC(=O)c1cccnc1)CC(=O)OC1(N=O)CCOCC1.[CH2]C=C(C)[CH]CCCC(=O)OC1(N=O)CCOCC1. The van der Waals surface area contributed by atoms with Crippen molar-refractivity contribution in [3.8, 4) is 0 Å². The van der Waals surface area contributed by atoms with E-state index in [1.807, 2.05) is 27.2 Å². The molecule has 2 radical (unpaired) electrons. The van der Waals surface area contributed by atoms with Crippen molar-refractivity contribution in [2.24, 2.45) is 16.3 Å². The van der Waals surface area contributed by atoms with Gasteiger partial charge in [-0.05, 0) is 55.6 Å². The van der Waals surface area contributed by atoms with E-state index in [1.54, 1.807) is 12.1 Å². The number of allylic oxidation sites excluding steroid dienone is 2. The van der Waals surface area contributed by atoms with Gasteiger partial charge in [0.2, 0.25) is 11.4 Å². The Morgan fingerprint density at radius 2 is 1.50 bits per heavy atom. The van der Waals surface area contributed by atoms with Crippen LogP contribution in [0.15, 0.2) is 46.5 Å². The molecule has 0 spiro atoms. The number of hydrogen-bond donors (Lipinski definition) is 0. The Morgan fingerprint density at radius 3 is 2.04 bits per heavy atom. The number of aromatic nitrogens is 1. The first kappa shape index (κ1) is 47.8. The van der Waals surface area contributed by atoms with Crippen LogP contribution in [-0.2, 0) is 52.3 Å². The average molecular weight is 766 g/mol. The number of unbranched alkanes of at least 4 members (excludes halogenated alkanes) is 1.